The summed E-state index contributed by atoms with van der Waals surface area (Å²) >= 11 is 0. The van der Waals surface area contributed by atoms with Gasteiger partial charge in [-0.3, -0.25) is 9.59 Å². The van der Waals surface area contributed by atoms with E-state index >= 15 is 0 Å². The second-order valence-corrected chi connectivity index (χ2v) is 6.19. The Morgan fingerprint density at radius 1 is 1.15 bits per heavy atom. The summed E-state index contributed by atoms with van der Waals surface area (Å²) in [5.74, 6) is -1.08. The third-order valence-corrected chi connectivity index (χ3v) is 4.23. The van der Waals surface area contributed by atoms with Crippen molar-refractivity contribution in [1.29, 1.82) is 0 Å². The second kappa shape index (κ2) is 6.95. The lowest BCUT2D eigenvalue weighted by Crippen LogP contribution is -2.20. The van der Waals surface area contributed by atoms with E-state index < -0.39 is 11.5 Å². The van der Waals surface area contributed by atoms with E-state index in [1.54, 1.807) is 31.2 Å². The topological polar surface area (TPSA) is 117 Å². The molecule has 7 heteroatoms. The van der Waals surface area contributed by atoms with Gasteiger partial charge < -0.3 is 19.9 Å². The number of fused-ring (bicyclic) bond motifs is 1. The number of amides is 1. The molecule has 0 atom stereocenters. The van der Waals surface area contributed by atoms with Crippen LogP contribution < -0.4 is 10.9 Å². The minimum absolute atomic E-state index is 0.0355. The van der Waals surface area contributed by atoms with Crippen molar-refractivity contribution in [2.75, 3.05) is 5.32 Å². The van der Waals surface area contributed by atoms with E-state index in [0.717, 1.165) is 6.07 Å². The van der Waals surface area contributed by atoms with E-state index in [4.69, 9.17) is 4.42 Å². The lowest BCUT2D eigenvalue weighted by molar-refractivity contribution is -0.115. The minimum atomic E-state index is -0.724. The van der Waals surface area contributed by atoms with Gasteiger partial charge >= 0.3 is 5.63 Å². The SMILES string of the molecule is CC(=O)c1cccc(NC(=O)Cc2c(C)c3c(O)cc(O)cc3oc2=O)c1. The number of carbonyl (C=O) groups is 2. The van der Waals surface area contributed by atoms with E-state index in [1.165, 1.54) is 13.0 Å². The zero-order chi connectivity index (χ0) is 19.7. The Labute approximate surface area is 153 Å². The van der Waals surface area contributed by atoms with Gasteiger partial charge in [0.1, 0.15) is 17.1 Å². The van der Waals surface area contributed by atoms with Gasteiger partial charge in [0.25, 0.3) is 0 Å². The van der Waals surface area contributed by atoms with E-state index in [2.05, 4.69) is 5.32 Å². The maximum atomic E-state index is 12.4. The van der Waals surface area contributed by atoms with E-state index in [0.29, 0.717) is 16.8 Å². The van der Waals surface area contributed by atoms with Gasteiger partial charge in [-0.15, -0.1) is 0 Å². The summed E-state index contributed by atoms with van der Waals surface area (Å²) in [6.45, 7) is 3.02. The van der Waals surface area contributed by atoms with Crippen LogP contribution in [0.1, 0.15) is 28.4 Å². The smallest absolute Gasteiger partial charge is 0.340 e. The molecule has 27 heavy (non-hydrogen) atoms. The monoisotopic (exact) mass is 367 g/mol. The van der Waals surface area contributed by atoms with Crippen LogP contribution in [0.2, 0.25) is 0 Å². The van der Waals surface area contributed by atoms with Crippen molar-refractivity contribution in [3.05, 3.63) is 63.5 Å². The van der Waals surface area contributed by atoms with Crippen molar-refractivity contribution in [2.24, 2.45) is 0 Å². The molecule has 2 aromatic carbocycles. The first-order chi connectivity index (χ1) is 12.8. The molecule has 138 valence electrons. The van der Waals surface area contributed by atoms with Gasteiger partial charge in [0.2, 0.25) is 5.91 Å². The van der Waals surface area contributed by atoms with Crippen LogP contribution in [0.3, 0.4) is 0 Å². The highest BCUT2D eigenvalue weighted by Crippen LogP contribution is 2.32. The Kier molecular flexibility index (Phi) is 4.68. The minimum Gasteiger partial charge on any atom is -0.508 e. The largest absolute Gasteiger partial charge is 0.508 e. The highest BCUT2D eigenvalue weighted by Gasteiger charge is 2.18. The molecule has 0 aliphatic carbocycles. The highest BCUT2D eigenvalue weighted by molar-refractivity contribution is 5.98. The number of benzene rings is 2. The molecule has 3 N–H and O–H groups in total. The summed E-state index contributed by atoms with van der Waals surface area (Å²) in [5, 5.41) is 22.5. The summed E-state index contributed by atoms with van der Waals surface area (Å²) in [7, 11) is 0. The van der Waals surface area contributed by atoms with Gasteiger partial charge in [-0.2, -0.15) is 0 Å². The Morgan fingerprint density at radius 2 is 1.89 bits per heavy atom. The van der Waals surface area contributed by atoms with Gasteiger partial charge in [0.15, 0.2) is 5.78 Å². The first-order valence-electron chi connectivity index (χ1n) is 8.15. The van der Waals surface area contributed by atoms with Crippen LogP contribution in [-0.4, -0.2) is 21.9 Å². The first kappa shape index (κ1) is 18.2. The van der Waals surface area contributed by atoms with Crippen molar-refractivity contribution in [3.63, 3.8) is 0 Å². The van der Waals surface area contributed by atoms with Gasteiger partial charge in [-0.1, -0.05) is 12.1 Å². The molecule has 3 rings (SSSR count). The zero-order valence-corrected chi connectivity index (χ0v) is 14.7. The Bertz CT molecular complexity index is 1130. The molecular weight excluding hydrogens is 350 g/mol. The summed E-state index contributed by atoms with van der Waals surface area (Å²) in [6, 6.07) is 8.82. The number of nitrogens with one attached hydrogen (secondary N) is 1. The molecule has 0 unspecified atom stereocenters. The lowest BCUT2D eigenvalue weighted by atomic mass is 10.0. The van der Waals surface area contributed by atoms with Crippen molar-refractivity contribution in [1.82, 2.24) is 0 Å². The molecule has 1 amide bonds. The number of rotatable bonds is 4. The maximum absolute atomic E-state index is 12.4. The number of phenols is 2. The molecule has 0 radical (unpaired) electrons. The number of phenolic OH excluding ortho intramolecular Hbond substituents is 2. The Hall–Kier alpha value is -3.61. The van der Waals surface area contributed by atoms with Crippen LogP contribution in [0.4, 0.5) is 5.69 Å². The van der Waals surface area contributed by atoms with Crippen molar-refractivity contribution in [3.8, 4) is 11.5 Å². The summed E-state index contributed by atoms with van der Waals surface area (Å²) in [6.07, 6.45) is -0.269. The number of anilines is 1. The van der Waals surface area contributed by atoms with Crippen LogP contribution in [0.15, 0.2) is 45.6 Å². The normalized spacial score (nSPS) is 10.7. The third kappa shape index (κ3) is 3.67. The fourth-order valence-electron chi connectivity index (χ4n) is 2.90. The van der Waals surface area contributed by atoms with Crippen LogP contribution in [0.25, 0.3) is 11.0 Å². The number of Topliss-reactive ketones (excluding diaryl/α,β-unsaturated/α-hetero) is 1. The molecule has 0 aliphatic heterocycles. The summed E-state index contributed by atoms with van der Waals surface area (Å²) < 4.78 is 5.14. The van der Waals surface area contributed by atoms with E-state index in [1.807, 2.05) is 0 Å². The standard InChI is InChI=1S/C20H17NO6/c1-10-15(20(26)27-17-8-14(23)7-16(24)19(10)17)9-18(25)21-13-5-3-4-12(6-13)11(2)22/h3-8,23-24H,9H2,1-2H3,(H,21,25). The summed E-state index contributed by atoms with van der Waals surface area (Å²) in [5.41, 5.74) is 0.697. The molecule has 0 saturated carbocycles. The second-order valence-electron chi connectivity index (χ2n) is 6.19. The molecule has 7 nitrogen and oxygen atoms in total. The predicted octanol–water partition coefficient (Wildman–Crippen LogP) is 2.90. The van der Waals surface area contributed by atoms with Crippen LogP contribution >= 0.6 is 0 Å². The number of hydrogen-bond acceptors (Lipinski definition) is 6. The summed E-state index contributed by atoms with van der Waals surface area (Å²) in [4.78, 5) is 36.1. The molecular formula is C20H17NO6. The zero-order valence-electron chi connectivity index (χ0n) is 14.7. The number of hydrogen-bond donors (Lipinski definition) is 3. The molecule has 0 fully saturated rings. The van der Waals surface area contributed by atoms with Crippen molar-refractivity contribution in [2.45, 2.75) is 20.3 Å². The number of aryl methyl sites for hydroxylation is 1. The molecule has 3 aromatic rings. The van der Waals surface area contributed by atoms with Gasteiger partial charge in [-0.05, 0) is 31.5 Å². The van der Waals surface area contributed by atoms with Crippen LogP contribution in [0, 0.1) is 6.92 Å². The molecule has 0 bridgehead atoms. The maximum Gasteiger partial charge on any atom is 0.340 e. The van der Waals surface area contributed by atoms with Crippen molar-refractivity contribution < 1.29 is 24.2 Å². The van der Waals surface area contributed by atoms with Gasteiger partial charge in [0.05, 0.1) is 17.4 Å². The predicted molar refractivity (Wildman–Crippen MR) is 99.3 cm³/mol. The average Bonchev–Trinajstić information content (AvgIpc) is 2.58. The van der Waals surface area contributed by atoms with Gasteiger partial charge in [-0.25, -0.2) is 4.79 Å². The molecule has 1 aromatic heterocycles. The first-order valence-corrected chi connectivity index (χ1v) is 8.15. The fourth-order valence-corrected chi connectivity index (χ4v) is 2.90. The molecule has 1 heterocycles. The number of aromatic hydroxyl groups is 2. The number of carbonyl (C=O) groups excluding carboxylic acids is 2. The van der Waals surface area contributed by atoms with E-state index in [-0.39, 0.29) is 40.2 Å². The Balaban J connectivity index is 1.92. The van der Waals surface area contributed by atoms with Crippen LogP contribution in [0.5, 0.6) is 11.5 Å². The fraction of sp³-hybridized carbons (Fsp3) is 0.150. The molecule has 0 aliphatic rings. The Morgan fingerprint density at radius 3 is 2.59 bits per heavy atom. The molecule has 0 spiro atoms. The number of ketones is 1. The average molecular weight is 367 g/mol. The molecule has 0 saturated heterocycles. The van der Waals surface area contributed by atoms with Gasteiger partial charge in [0, 0.05) is 23.4 Å². The quantitative estimate of drug-likeness (QED) is 0.482. The highest BCUT2D eigenvalue weighted by atomic mass is 16.4. The lowest BCUT2D eigenvalue weighted by Gasteiger charge is -2.10. The third-order valence-electron chi connectivity index (χ3n) is 4.23. The van der Waals surface area contributed by atoms with Crippen LogP contribution in [-0.2, 0) is 11.2 Å². The van der Waals surface area contributed by atoms with Crippen molar-refractivity contribution >= 4 is 28.3 Å². The van der Waals surface area contributed by atoms with E-state index in [9.17, 15) is 24.6 Å².